The predicted molar refractivity (Wildman–Crippen MR) is 70.8 cm³/mol. The van der Waals surface area contributed by atoms with Gasteiger partial charge in [0.2, 0.25) is 5.91 Å². The van der Waals surface area contributed by atoms with Gasteiger partial charge < -0.3 is 15.7 Å². The summed E-state index contributed by atoms with van der Waals surface area (Å²) in [4.78, 5) is 36.2. The minimum absolute atomic E-state index is 0.0469. The molecule has 1 heterocycles. The Labute approximate surface area is 117 Å². The van der Waals surface area contributed by atoms with Crippen LogP contribution in [0.15, 0.2) is 0 Å². The number of hydrogen-bond acceptors (Lipinski definition) is 4. The van der Waals surface area contributed by atoms with Crippen LogP contribution in [-0.2, 0) is 9.59 Å². The number of amides is 4. The van der Waals surface area contributed by atoms with E-state index in [9.17, 15) is 19.5 Å². The number of imide groups is 1. The second-order valence-corrected chi connectivity index (χ2v) is 6.12. The van der Waals surface area contributed by atoms with Crippen LogP contribution in [0.5, 0.6) is 0 Å². The topological polar surface area (TPSA) is 98.7 Å². The molecule has 112 valence electrons. The van der Waals surface area contributed by atoms with Gasteiger partial charge in [0.1, 0.15) is 5.54 Å². The number of urea groups is 1. The molecule has 0 aromatic carbocycles. The fourth-order valence-electron chi connectivity index (χ4n) is 2.35. The van der Waals surface area contributed by atoms with Gasteiger partial charge in [0, 0.05) is 19.5 Å². The summed E-state index contributed by atoms with van der Waals surface area (Å²) in [7, 11) is 0. The standard InChI is InChI=1S/C13H21N3O4/c1-12(2)10(18)16(11(19)15-12)7-4-9(17)14-8-13(20)5-3-6-13/h20H,3-8H2,1-2H3,(H,14,17)(H,15,19). The summed E-state index contributed by atoms with van der Waals surface area (Å²) in [6.07, 6.45) is 2.43. The van der Waals surface area contributed by atoms with Crippen LogP contribution in [0.25, 0.3) is 0 Å². The van der Waals surface area contributed by atoms with Crippen LogP contribution in [-0.4, -0.2) is 52.1 Å². The molecule has 1 saturated carbocycles. The molecule has 0 spiro atoms. The number of carbonyl (C=O) groups is 3. The van der Waals surface area contributed by atoms with Crippen molar-refractivity contribution in [2.45, 2.75) is 50.7 Å². The highest BCUT2D eigenvalue weighted by molar-refractivity contribution is 6.06. The molecule has 1 aliphatic carbocycles. The van der Waals surface area contributed by atoms with E-state index in [1.807, 2.05) is 0 Å². The summed E-state index contributed by atoms with van der Waals surface area (Å²) in [5.74, 6) is -0.594. The molecule has 1 aliphatic heterocycles. The van der Waals surface area contributed by atoms with E-state index in [-0.39, 0.29) is 31.3 Å². The van der Waals surface area contributed by atoms with Gasteiger partial charge in [-0.25, -0.2) is 4.79 Å². The Hall–Kier alpha value is -1.63. The average molecular weight is 283 g/mol. The first-order valence-electron chi connectivity index (χ1n) is 6.87. The Morgan fingerprint density at radius 2 is 2.05 bits per heavy atom. The highest BCUT2D eigenvalue weighted by Gasteiger charge is 2.44. The summed E-state index contributed by atoms with van der Waals surface area (Å²) in [6.45, 7) is 3.54. The van der Waals surface area contributed by atoms with Crippen molar-refractivity contribution in [3.05, 3.63) is 0 Å². The molecule has 7 heteroatoms. The maximum Gasteiger partial charge on any atom is 0.325 e. The number of nitrogens with zero attached hydrogens (tertiary/aromatic N) is 1. The first-order chi connectivity index (χ1) is 9.23. The largest absolute Gasteiger partial charge is 0.388 e. The van der Waals surface area contributed by atoms with Gasteiger partial charge in [-0.2, -0.15) is 0 Å². The lowest BCUT2D eigenvalue weighted by molar-refractivity contribution is -0.130. The number of rotatable bonds is 5. The van der Waals surface area contributed by atoms with Crippen molar-refractivity contribution in [1.29, 1.82) is 0 Å². The van der Waals surface area contributed by atoms with Crippen molar-refractivity contribution in [2.75, 3.05) is 13.1 Å². The first-order valence-corrected chi connectivity index (χ1v) is 6.87. The van der Waals surface area contributed by atoms with Crippen LogP contribution in [0, 0.1) is 0 Å². The van der Waals surface area contributed by atoms with Crippen LogP contribution in [0.1, 0.15) is 39.5 Å². The molecule has 20 heavy (non-hydrogen) atoms. The van der Waals surface area contributed by atoms with Crippen molar-refractivity contribution in [3.63, 3.8) is 0 Å². The van der Waals surface area contributed by atoms with E-state index in [4.69, 9.17) is 0 Å². The zero-order valence-electron chi connectivity index (χ0n) is 11.9. The number of hydrogen-bond donors (Lipinski definition) is 3. The minimum Gasteiger partial charge on any atom is -0.388 e. The van der Waals surface area contributed by atoms with Crippen molar-refractivity contribution >= 4 is 17.8 Å². The van der Waals surface area contributed by atoms with Gasteiger partial charge in [-0.15, -0.1) is 0 Å². The molecule has 2 rings (SSSR count). The molecule has 1 saturated heterocycles. The molecule has 0 aromatic heterocycles. The third-order valence-corrected chi connectivity index (χ3v) is 3.91. The van der Waals surface area contributed by atoms with E-state index in [0.717, 1.165) is 11.3 Å². The lowest BCUT2D eigenvalue weighted by Gasteiger charge is -2.36. The molecular formula is C13H21N3O4. The quantitative estimate of drug-likeness (QED) is 0.605. The van der Waals surface area contributed by atoms with E-state index in [1.54, 1.807) is 13.8 Å². The zero-order valence-corrected chi connectivity index (χ0v) is 11.9. The lowest BCUT2D eigenvalue weighted by Crippen LogP contribution is -2.48. The van der Waals surface area contributed by atoms with E-state index >= 15 is 0 Å². The van der Waals surface area contributed by atoms with Crippen molar-refractivity contribution in [3.8, 4) is 0 Å². The normalized spacial score (nSPS) is 23.2. The molecule has 4 amide bonds. The average Bonchev–Trinajstić information content (AvgIpc) is 2.51. The maximum atomic E-state index is 11.9. The highest BCUT2D eigenvalue weighted by atomic mass is 16.3. The van der Waals surface area contributed by atoms with Crippen molar-refractivity contribution in [2.24, 2.45) is 0 Å². The molecule has 0 radical (unpaired) electrons. The molecule has 0 aromatic rings. The van der Waals surface area contributed by atoms with Gasteiger partial charge in [0.05, 0.1) is 5.60 Å². The van der Waals surface area contributed by atoms with E-state index < -0.39 is 17.2 Å². The summed E-state index contributed by atoms with van der Waals surface area (Å²) >= 11 is 0. The number of carbonyl (C=O) groups excluding carboxylic acids is 3. The smallest absolute Gasteiger partial charge is 0.325 e. The van der Waals surface area contributed by atoms with E-state index in [2.05, 4.69) is 10.6 Å². The van der Waals surface area contributed by atoms with Gasteiger partial charge in [-0.05, 0) is 33.1 Å². The molecular weight excluding hydrogens is 262 g/mol. The van der Waals surface area contributed by atoms with Crippen LogP contribution in [0.2, 0.25) is 0 Å². The third-order valence-electron chi connectivity index (χ3n) is 3.91. The molecule has 0 atom stereocenters. The Balaban J connectivity index is 1.76. The second-order valence-electron chi connectivity index (χ2n) is 6.12. The van der Waals surface area contributed by atoms with Gasteiger partial charge in [0.25, 0.3) is 5.91 Å². The summed E-state index contributed by atoms with van der Waals surface area (Å²) < 4.78 is 0. The SMILES string of the molecule is CC1(C)NC(=O)N(CCC(=O)NCC2(O)CCC2)C1=O. The van der Waals surface area contributed by atoms with Crippen LogP contribution >= 0.6 is 0 Å². The Morgan fingerprint density at radius 3 is 2.50 bits per heavy atom. The Bertz CT molecular complexity index is 443. The molecule has 3 N–H and O–H groups in total. The van der Waals surface area contributed by atoms with Gasteiger partial charge >= 0.3 is 6.03 Å². The predicted octanol–water partition coefficient (Wildman–Crippen LogP) is -0.262. The maximum absolute atomic E-state index is 11.9. The van der Waals surface area contributed by atoms with Crippen LogP contribution < -0.4 is 10.6 Å². The molecule has 2 fully saturated rings. The third kappa shape index (κ3) is 2.92. The summed E-state index contributed by atoms with van der Waals surface area (Å²) in [5.41, 5.74) is -1.67. The Morgan fingerprint density at radius 1 is 1.40 bits per heavy atom. The number of aliphatic hydroxyl groups is 1. The molecule has 7 nitrogen and oxygen atoms in total. The first kappa shape index (κ1) is 14.8. The molecule has 2 aliphatic rings. The Kier molecular flexibility index (Phi) is 3.73. The number of nitrogens with one attached hydrogen (secondary N) is 2. The summed E-state index contributed by atoms with van der Waals surface area (Å²) in [5, 5.41) is 15.0. The van der Waals surface area contributed by atoms with Crippen molar-refractivity contribution in [1.82, 2.24) is 15.5 Å². The van der Waals surface area contributed by atoms with Gasteiger partial charge in [-0.1, -0.05) is 0 Å². The van der Waals surface area contributed by atoms with E-state index in [1.165, 1.54) is 0 Å². The fraction of sp³-hybridized carbons (Fsp3) is 0.769. The van der Waals surface area contributed by atoms with Crippen molar-refractivity contribution < 1.29 is 19.5 Å². The van der Waals surface area contributed by atoms with Crippen LogP contribution in [0.4, 0.5) is 4.79 Å². The molecule has 0 bridgehead atoms. The van der Waals surface area contributed by atoms with Crippen LogP contribution in [0.3, 0.4) is 0 Å². The van der Waals surface area contributed by atoms with Gasteiger partial charge in [0.15, 0.2) is 0 Å². The summed E-state index contributed by atoms with van der Waals surface area (Å²) in [6, 6.07) is -0.467. The lowest BCUT2D eigenvalue weighted by atomic mass is 9.80. The highest BCUT2D eigenvalue weighted by Crippen LogP contribution is 2.30. The monoisotopic (exact) mass is 283 g/mol. The van der Waals surface area contributed by atoms with E-state index in [0.29, 0.717) is 12.8 Å². The van der Waals surface area contributed by atoms with Gasteiger partial charge in [-0.3, -0.25) is 14.5 Å². The molecule has 0 unspecified atom stereocenters. The second kappa shape index (κ2) is 5.05. The minimum atomic E-state index is -0.908. The fourth-order valence-corrected chi connectivity index (χ4v) is 2.35. The zero-order chi connectivity index (χ0) is 15.0.